The Balaban J connectivity index is 1.11. The monoisotopic (exact) mass is 846 g/mol. The molecule has 0 spiro atoms. The molecule has 2 heterocycles. The molecule has 66 heavy (non-hydrogen) atoms. The number of aromatic nitrogens is 1. The molecule has 13 rings (SSSR count). The van der Waals surface area contributed by atoms with Crippen molar-refractivity contribution in [2.24, 2.45) is 0 Å². The normalized spacial score (nSPS) is 13.6. The van der Waals surface area contributed by atoms with Crippen molar-refractivity contribution in [2.45, 2.75) is 19.3 Å². The van der Waals surface area contributed by atoms with Crippen molar-refractivity contribution in [1.29, 1.82) is 0 Å². The molecule has 0 fully saturated rings. The summed E-state index contributed by atoms with van der Waals surface area (Å²) in [7, 11) is 0. The zero-order valence-electron chi connectivity index (χ0n) is 36.9. The van der Waals surface area contributed by atoms with Crippen molar-refractivity contribution >= 4 is 72.4 Å². The van der Waals surface area contributed by atoms with Gasteiger partial charge in [-0.25, -0.2) is 0 Å². The van der Waals surface area contributed by atoms with Gasteiger partial charge in [0.25, 0.3) is 0 Å². The van der Waals surface area contributed by atoms with Crippen LogP contribution in [0.5, 0.6) is 0 Å². The van der Waals surface area contributed by atoms with E-state index < -0.39 is 0 Å². The van der Waals surface area contributed by atoms with Crippen molar-refractivity contribution in [3.63, 3.8) is 0 Å². The van der Waals surface area contributed by atoms with E-state index in [-0.39, 0.29) is 5.41 Å². The average molecular weight is 847 g/mol. The lowest BCUT2D eigenvalue weighted by atomic mass is 9.81. The Morgan fingerprint density at radius 2 is 1.00 bits per heavy atom. The van der Waals surface area contributed by atoms with Gasteiger partial charge >= 0.3 is 0 Å². The number of fused-ring (bicyclic) bond motifs is 8. The number of rotatable bonds is 7. The van der Waals surface area contributed by atoms with E-state index in [9.17, 15) is 0 Å². The van der Waals surface area contributed by atoms with Gasteiger partial charge in [-0.2, -0.15) is 0 Å². The summed E-state index contributed by atoms with van der Waals surface area (Å²) in [4.78, 5) is 7.45. The lowest BCUT2D eigenvalue weighted by Crippen LogP contribution is -2.24. The van der Waals surface area contributed by atoms with Gasteiger partial charge in [0.2, 0.25) is 0 Å². The predicted octanol–water partition coefficient (Wildman–Crippen LogP) is 16.6. The second-order valence-electron chi connectivity index (χ2n) is 18.2. The van der Waals surface area contributed by atoms with Crippen LogP contribution in [-0.4, -0.2) is 11.2 Å². The van der Waals surface area contributed by atoms with Gasteiger partial charge in [0.05, 0.1) is 22.4 Å². The number of anilines is 7. The van der Waals surface area contributed by atoms with Crippen LogP contribution in [-0.2, 0) is 5.41 Å². The molecule has 1 aliphatic carbocycles. The summed E-state index contributed by atoms with van der Waals surface area (Å²) in [6.07, 6.45) is 0. The summed E-state index contributed by atoms with van der Waals surface area (Å²) < 4.78 is 2.42. The highest BCUT2D eigenvalue weighted by atomic mass is 15.4. The van der Waals surface area contributed by atoms with Crippen LogP contribution in [0.25, 0.3) is 60.5 Å². The Morgan fingerprint density at radius 1 is 0.394 bits per heavy atom. The molecule has 4 heteroatoms. The number of para-hydroxylation sites is 5. The van der Waals surface area contributed by atoms with Gasteiger partial charge in [0.1, 0.15) is 6.67 Å². The highest BCUT2D eigenvalue weighted by Gasteiger charge is 2.40. The summed E-state index contributed by atoms with van der Waals surface area (Å²) in [6, 6.07) is 84.8. The Kier molecular flexibility index (Phi) is 8.59. The standard InChI is InChI=1S/C62H46N4/c1-62(2)55-30-16-14-28-53(55)60-54(52-29-18-32-58-61(52)64(45-23-8-4-9-24-45)41-63(58)44-21-6-3-7-22-44)38-49(39-56(60)62)65(47-34-33-42-19-12-13-20-43(42)37-47)48-35-36-51-50-27-15-17-31-57(50)66(59(51)40-48)46-25-10-5-11-26-46/h3-40H,41H2,1-2H3. The van der Waals surface area contributed by atoms with Gasteiger partial charge in [0.15, 0.2) is 0 Å². The molecule has 4 nitrogen and oxygen atoms in total. The number of benzene rings is 10. The fourth-order valence-electron chi connectivity index (χ4n) is 11.0. The van der Waals surface area contributed by atoms with Gasteiger partial charge in [-0.3, -0.25) is 0 Å². The van der Waals surface area contributed by atoms with E-state index in [1.807, 2.05) is 0 Å². The minimum Gasteiger partial charge on any atom is -0.321 e. The van der Waals surface area contributed by atoms with E-state index in [0.29, 0.717) is 6.67 Å². The molecular weight excluding hydrogens is 801 g/mol. The maximum absolute atomic E-state index is 2.50. The predicted molar refractivity (Wildman–Crippen MR) is 278 cm³/mol. The second-order valence-corrected chi connectivity index (χ2v) is 18.2. The van der Waals surface area contributed by atoms with E-state index in [4.69, 9.17) is 0 Å². The third kappa shape index (κ3) is 5.85. The van der Waals surface area contributed by atoms with E-state index in [1.54, 1.807) is 0 Å². The van der Waals surface area contributed by atoms with Crippen LogP contribution < -0.4 is 14.7 Å². The van der Waals surface area contributed by atoms with Gasteiger partial charge in [-0.05, 0) is 124 Å². The van der Waals surface area contributed by atoms with Gasteiger partial charge in [-0.15, -0.1) is 0 Å². The number of hydrogen-bond acceptors (Lipinski definition) is 3. The molecule has 1 aliphatic heterocycles. The van der Waals surface area contributed by atoms with Crippen LogP contribution in [0, 0.1) is 0 Å². The molecule has 2 aliphatic rings. The van der Waals surface area contributed by atoms with Crippen LogP contribution in [0.3, 0.4) is 0 Å². The smallest absolute Gasteiger partial charge is 0.100 e. The molecule has 0 amide bonds. The molecule has 0 radical (unpaired) electrons. The maximum atomic E-state index is 2.50. The van der Waals surface area contributed by atoms with Crippen molar-refractivity contribution in [2.75, 3.05) is 21.4 Å². The van der Waals surface area contributed by atoms with Crippen LogP contribution in [0.15, 0.2) is 231 Å². The fourth-order valence-corrected chi connectivity index (χ4v) is 11.0. The maximum Gasteiger partial charge on any atom is 0.100 e. The Labute approximate surface area is 385 Å². The van der Waals surface area contributed by atoms with E-state index in [0.717, 1.165) is 28.4 Å². The van der Waals surface area contributed by atoms with Crippen LogP contribution in [0.2, 0.25) is 0 Å². The second kappa shape index (κ2) is 14.9. The molecule has 0 saturated carbocycles. The fraction of sp³-hybridized carbons (Fsp3) is 0.0645. The van der Waals surface area contributed by atoms with Gasteiger partial charge in [0, 0.05) is 55.9 Å². The summed E-state index contributed by atoms with van der Waals surface area (Å²) in [5, 5.41) is 4.89. The SMILES string of the molecule is CC1(C)c2ccccc2-c2c(-c3cccc4c3N(c3ccccc3)CN4c3ccccc3)cc(N(c3ccc4ccccc4c3)c3ccc4c5ccccc5n(-c5ccccc5)c4c3)cc21. The summed E-state index contributed by atoms with van der Waals surface area (Å²) in [5.41, 5.74) is 19.0. The third-order valence-electron chi connectivity index (χ3n) is 14.1. The first-order valence-corrected chi connectivity index (χ1v) is 23.0. The lowest BCUT2D eigenvalue weighted by molar-refractivity contribution is 0.660. The number of hydrogen-bond donors (Lipinski definition) is 0. The first kappa shape index (κ1) is 38.1. The topological polar surface area (TPSA) is 14.7 Å². The minimum atomic E-state index is -0.261. The van der Waals surface area contributed by atoms with Crippen molar-refractivity contribution in [3.05, 3.63) is 242 Å². The van der Waals surface area contributed by atoms with Crippen molar-refractivity contribution in [1.82, 2.24) is 4.57 Å². The molecule has 0 saturated heterocycles. The van der Waals surface area contributed by atoms with Crippen LogP contribution in [0.1, 0.15) is 25.0 Å². The average Bonchev–Trinajstić information content (AvgIpc) is 4.00. The lowest BCUT2D eigenvalue weighted by Gasteiger charge is -2.30. The van der Waals surface area contributed by atoms with Crippen molar-refractivity contribution in [3.8, 4) is 27.9 Å². The minimum absolute atomic E-state index is 0.261. The summed E-state index contributed by atoms with van der Waals surface area (Å²) >= 11 is 0. The van der Waals surface area contributed by atoms with E-state index in [1.165, 1.54) is 83.0 Å². The Hall–Kier alpha value is -8.34. The zero-order chi connectivity index (χ0) is 43.9. The van der Waals surface area contributed by atoms with E-state index >= 15 is 0 Å². The van der Waals surface area contributed by atoms with Crippen molar-refractivity contribution < 1.29 is 0 Å². The van der Waals surface area contributed by atoms with Gasteiger partial charge < -0.3 is 19.3 Å². The first-order chi connectivity index (χ1) is 32.5. The molecule has 0 bridgehead atoms. The Bertz CT molecular complexity index is 3660. The molecule has 1 aromatic heterocycles. The zero-order valence-corrected chi connectivity index (χ0v) is 36.9. The largest absolute Gasteiger partial charge is 0.321 e. The first-order valence-electron chi connectivity index (χ1n) is 23.0. The number of nitrogens with zero attached hydrogens (tertiary/aromatic N) is 4. The molecule has 11 aromatic rings. The highest BCUT2D eigenvalue weighted by molar-refractivity contribution is 6.11. The van der Waals surface area contributed by atoms with Crippen LogP contribution >= 0.6 is 0 Å². The summed E-state index contributed by atoms with van der Waals surface area (Å²) in [5.74, 6) is 0. The van der Waals surface area contributed by atoms with Crippen LogP contribution in [0.4, 0.5) is 39.8 Å². The molecule has 10 aromatic carbocycles. The molecule has 0 atom stereocenters. The third-order valence-corrected chi connectivity index (χ3v) is 14.1. The quantitative estimate of drug-likeness (QED) is 0.159. The molecule has 0 unspecified atom stereocenters. The molecule has 314 valence electrons. The van der Waals surface area contributed by atoms with E-state index in [2.05, 4.69) is 264 Å². The van der Waals surface area contributed by atoms with Gasteiger partial charge in [-0.1, -0.05) is 159 Å². The summed E-state index contributed by atoms with van der Waals surface area (Å²) in [6.45, 7) is 5.50. The molecular formula is C62H46N4. The Morgan fingerprint density at radius 3 is 1.79 bits per heavy atom. The molecule has 0 N–H and O–H groups in total. The highest BCUT2D eigenvalue weighted by Crippen LogP contribution is 2.58.